The van der Waals surface area contributed by atoms with Gasteiger partial charge in [-0.15, -0.1) is 0 Å². The van der Waals surface area contributed by atoms with E-state index in [0.29, 0.717) is 24.4 Å². The Labute approximate surface area is 169 Å². The van der Waals surface area contributed by atoms with E-state index in [4.69, 9.17) is 0 Å². The maximum atomic E-state index is 12.9. The number of hydrogen-bond donors (Lipinski definition) is 1. The first-order valence-electron chi connectivity index (χ1n) is 9.84. The lowest BCUT2D eigenvalue weighted by atomic mass is 9.86. The molecule has 0 atom stereocenters. The molecule has 1 aromatic rings. The van der Waals surface area contributed by atoms with Crippen LogP contribution in [0.1, 0.15) is 50.5 Å². The first-order chi connectivity index (χ1) is 13.7. The number of allylic oxidation sites excluding steroid dienone is 1. The predicted octanol–water partition coefficient (Wildman–Crippen LogP) is 4.58. The number of halogens is 3. The van der Waals surface area contributed by atoms with Gasteiger partial charge in [0.25, 0.3) is 0 Å². The number of piperidine rings is 1. The van der Waals surface area contributed by atoms with E-state index in [2.05, 4.69) is 6.08 Å². The van der Waals surface area contributed by atoms with E-state index in [9.17, 15) is 26.4 Å². The molecule has 1 aliphatic carbocycles. The van der Waals surface area contributed by atoms with E-state index in [1.807, 2.05) is 0 Å². The highest BCUT2D eigenvalue weighted by atomic mass is 32.2. The number of para-hydroxylation sites is 1. The Bertz CT molecular complexity index is 875. The summed E-state index contributed by atoms with van der Waals surface area (Å²) < 4.78 is 62.7. The predicted molar refractivity (Wildman–Crippen MR) is 104 cm³/mol. The molecular weight excluding hydrogens is 405 g/mol. The van der Waals surface area contributed by atoms with E-state index in [1.54, 1.807) is 15.7 Å². The molecule has 1 N–H and O–H groups in total. The number of alkyl halides is 3. The number of carbonyl (C=O) groups excluding carboxylic acids is 1. The van der Waals surface area contributed by atoms with Gasteiger partial charge in [0.1, 0.15) is 0 Å². The molecule has 9 heteroatoms. The van der Waals surface area contributed by atoms with Gasteiger partial charge in [0.05, 0.1) is 5.69 Å². The number of amides is 1. The highest BCUT2D eigenvalue weighted by Crippen LogP contribution is 2.30. The second-order valence-corrected chi connectivity index (χ2v) is 9.30. The van der Waals surface area contributed by atoms with Crippen LogP contribution in [-0.2, 0) is 21.4 Å². The highest BCUT2D eigenvalue weighted by molar-refractivity contribution is 7.93. The molecule has 2 fully saturated rings. The summed E-state index contributed by atoms with van der Waals surface area (Å²) >= 11 is 0. The Hall–Kier alpha value is -2.03. The summed E-state index contributed by atoms with van der Waals surface area (Å²) in [6.07, 6.45) is 9.28. The van der Waals surface area contributed by atoms with Crippen molar-refractivity contribution in [3.05, 3.63) is 41.5 Å². The van der Waals surface area contributed by atoms with Gasteiger partial charge >= 0.3 is 15.5 Å². The van der Waals surface area contributed by atoms with E-state index in [-0.39, 0.29) is 18.1 Å². The van der Waals surface area contributed by atoms with Crippen molar-refractivity contribution in [1.82, 2.24) is 4.90 Å². The molecule has 1 heterocycles. The summed E-state index contributed by atoms with van der Waals surface area (Å²) in [4.78, 5) is 14.5. The lowest BCUT2D eigenvalue weighted by Gasteiger charge is -2.30. The van der Waals surface area contributed by atoms with Crippen LogP contribution in [0.3, 0.4) is 0 Å². The summed E-state index contributed by atoms with van der Waals surface area (Å²) in [6, 6.07) is 5.85. The number of rotatable bonds is 5. The number of nitrogens with one attached hydrogen (secondary N) is 1. The van der Waals surface area contributed by atoms with Crippen molar-refractivity contribution in [2.24, 2.45) is 5.92 Å². The summed E-state index contributed by atoms with van der Waals surface area (Å²) in [6.45, 7) is 0.540. The number of anilines is 1. The molecule has 0 bridgehead atoms. The van der Waals surface area contributed by atoms with E-state index in [0.717, 1.165) is 24.8 Å². The minimum atomic E-state index is -5.52. The van der Waals surface area contributed by atoms with Gasteiger partial charge in [0.2, 0.25) is 5.91 Å². The zero-order valence-electron chi connectivity index (χ0n) is 16.0. The average molecular weight is 430 g/mol. The van der Waals surface area contributed by atoms with Crippen LogP contribution in [0.15, 0.2) is 35.9 Å². The van der Waals surface area contributed by atoms with Gasteiger partial charge in [-0.3, -0.25) is 9.52 Å². The third kappa shape index (κ3) is 5.32. The maximum Gasteiger partial charge on any atom is 0.516 e. The van der Waals surface area contributed by atoms with Crippen molar-refractivity contribution < 1.29 is 26.4 Å². The SMILES string of the molecule is O=C1/C(=C/C2CCCCC2)CCCN1Cc1ccccc1NS(=O)(=O)C(F)(F)F. The van der Waals surface area contributed by atoms with Crippen molar-refractivity contribution in [2.75, 3.05) is 11.3 Å². The van der Waals surface area contributed by atoms with Gasteiger partial charge in [-0.2, -0.15) is 21.6 Å². The quantitative estimate of drug-likeness (QED) is 0.696. The molecular formula is C20H25F3N2O3S. The smallest absolute Gasteiger partial charge is 0.335 e. The van der Waals surface area contributed by atoms with Crippen LogP contribution in [-0.4, -0.2) is 31.3 Å². The standard InChI is InChI=1S/C20H25F3N2O3S/c21-20(22,23)29(27,28)24-18-11-5-4-9-17(18)14-25-12-6-10-16(19(25)26)13-15-7-2-1-3-8-15/h4-5,9,11,13,15,24H,1-3,6-8,10,12,14H2/b16-13+. The molecule has 1 saturated heterocycles. The first kappa shape index (κ1) is 21.7. The molecule has 5 nitrogen and oxygen atoms in total. The van der Waals surface area contributed by atoms with E-state index < -0.39 is 15.5 Å². The Morgan fingerprint density at radius 1 is 1.10 bits per heavy atom. The van der Waals surface area contributed by atoms with Crippen molar-refractivity contribution in [2.45, 2.75) is 57.0 Å². The van der Waals surface area contributed by atoms with E-state index in [1.165, 1.54) is 37.5 Å². The minimum absolute atomic E-state index is 0.0530. The fourth-order valence-electron chi connectivity index (χ4n) is 3.93. The molecule has 1 aromatic carbocycles. The van der Waals surface area contributed by atoms with Gasteiger partial charge in [-0.1, -0.05) is 43.5 Å². The third-order valence-electron chi connectivity index (χ3n) is 5.45. The number of sulfonamides is 1. The lowest BCUT2D eigenvalue weighted by molar-refractivity contribution is -0.129. The molecule has 1 saturated carbocycles. The van der Waals surface area contributed by atoms with Crippen LogP contribution in [0.2, 0.25) is 0 Å². The van der Waals surface area contributed by atoms with Gasteiger partial charge in [-0.25, -0.2) is 0 Å². The second kappa shape index (κ2) is 8.77. The van der Waals surface area contributed by atoms with Gasteiger partial charge in [-0.05, 0) is 43.2 Å². The normalized spacial score (nSPS) is 20.9. The summed E-state index contributed by atoms with van der Waals surface area (Å²) in [5, 5.41) is 0. The Morgan fingerprint density at radius 3 is 2.48 bits per heavy atom. The molecule has 1 amide bonds. The molecule has 29 heavy (non-hydrogen) atoms. The number of carbonyl (C=O) groups is 1. The lowest BCUT2D eigenvalue weighted by Crippen LogP contribution is -2.37. The number of hydrogen-bond acceptors (Lipinski definition) is 3. The summed E-state index contributed by atoms with van der Waals surface area (Å²) in [5.41, 5.74) is -4.48. The Balaban J connectivity index is 1.76. The molecule has 2 aliphatic rings. The number of benzene rings is 1. The fourth-order valence-corrected chi connectivity index (χ4v) is 4.53. The van der Waals surface area contributed by atoms with Gasteiger partial charge in [0, 0.05) is 18.7 Å². The summed E-state index contributed by atoms with van der Waals surface area (Å²) in [7, 11) is -5.52. The molecule has 3 rings (SSSR count). The fraction of sp³-hybridized carbons (Fsp3) is 0.550. The Morgan fingerprint density at radius 2 is 1.79 bits per heavy atom. The second-order valence-electron chi connectivity index (χ2n) is 7.63. The van der Waals surface area contributed by atoms with Gasteiger partial charge < -0.3 is 4.90 Å². The molecule has 0 radical (unpaired) electrons. The van der Waals surface area contributed by atoms with Crippen molar-refractivity contribution >= 4 is 21.6 Å². The third-order valence-corrected chi connectivity index (χ3v) is 6.55. The van der Waals surface area contributed by atoms with Crippen molar-refractivity contribution in [3.63, 3.8) is 0 Å². The monoisotopic (exact) mass is 430 g/mol. The van der Waals surface area contributed by atoms with Crippen LogP contribution >= 0.6 is 0 Å². The van der Waals surface area contributed by atoms with Crippen LogP contribution in [0.25, 0.3) is 0 Å². The first-order valence-corrected chi connectivity index (χ1v) is 11.3. The molecule has 0 aromatic heterocycles. The maximum absolute atomic E-state index is 12.9. The van der Waals surface area contributed by atoms with Crippen molar-refractivity contribution in [3.8, 4) is 0 Å². The van der Waals surface area contributed by atoms with Crippen LogP contribution in [0, 0.1) is 5.92 Å². The van der Waals surface area contributed by atoms with Crippen LogP contribution < -0.4 is 4.72 Å². The zero-order chi connectivity index (χ0) is 21.1. The zero-order valence-corrected chi connectivity index (χ0v) is 16.9. The van der Waals surface area contributed by atoms with Crippen LogP contribution in [0.4, 0.5) is 18.9 Å². The average Bonchev–Trinajstić information content (AvgIpc) is 2.66. The molecule has 0 spiro atoms. The number of nitrogens with zero attached hydrogens (tertiary/aromatic N) is 1. The van der Waals surface area contributed by atoms with Crippen molar-refractivity contribution in [1.29, 1.82) is 0 Å². The molecule has 0 unspecified atom stereocenters. The van der Waals surface area contributed by atoms with Gasteiger partial charge in [0.15, 0.2) is 0 Å². The minimum Gasteiger partial charge on any atom is -0.335 e. The molecule has 1 aliphatic heterocycles. The topological polar surface area (TPSA) is 66.5 Å². The van der Waals surface area contributed by atoms with Crippen LogP contribution in [0.5, 0.6) is 0 Å². The van der Waals surface area contributed by atoms with E-state index >= 15 is 0 Å². The Kier molecular flexibility index (Phi) is 6.55. The highest BCUT2D eigenvalue weighted by Gasteiger charge is 2.46. The number of likely N-dealkylation sites (tertiary alicyclic amines) is 1. The molecule has 160 valence electrons. The largest absolute Gasteiger partial charge is 0.516 e. The summed E-state index contributed by atoms with van der Waals surface area (Å²) in [5.74, 6) is 0.295.